The Morgan fingerprint density at radius 3 is 3.00 bits per heavy atom. The van der Waals surface area contributed by atoms with Gasteiger partial charge in [-0.25, -0.2) is 0 Å². The first-order valence-electron chi connectivity index (χ1n) is 7.00. The van der Waals surface area contributed by atoms with Gasteiger partial charge in [0.05, 0.1) is 13.7 Å². The highest BCUT2D eigenvalue weighted by Gasteiger charge is 2.21. The van der Waals surface area contributed by atoms with E-state index in [4.69, 9.17) is 25.1 Å². The molecule has 2 atom stereocenters. The second-order valence-corrected chi connectivity index (χ2v) is 5.05. The minimum absolute atomic E-state index is 0.00366. The number of hydrogen-bond donors (Lipinski definition) is 2. The number of carboxylic acids is 1. The number of aliphatic carboxylic acids is 1. The van der Waals surface area contributed by atoms with Gasteiger partial charge in [-0.1, -0.05) is 12.1 Å². The van der Waals surface area contributed by atoms with Crippen LogP contribution in [0.1, 0.15) is 18.4 Å². The fraction of sp³-hybridized carbons (Fsp3) is 0.533. The molecule has 1 fully saturated rings. The van der Waals surface area contributed by atoms with Crippen molar-refractivity contribution >= 4 is 5.97 Å². The molecule has 0 bridgehead atoms. The molecule has 1 aliphatic heterocycles. The van der Waals surface area contributed by atoms with Gasteiger partial charge >= 0.3 is 5.97 Å². The number of methoxy groups -OCH3 is 1. The SMILES string of the molecule is COc1c(CC(N)C(=O)O)cccc1OC1CCCOC1. The molecule has 1 aromatic carbocycles. The first-order chi connectivity index (χ1) is 10.1. The molecule has 0 aromatic heterocycles. The molecule has 1 aliphatic rings. The van der Waals surface area contributed by atoms with Gasteiger partial charge in [0.15, 0.2) is 11.5 Å². The summed E-state index contributed by atoms with van der Waals surface area (Å²) in [4.78, 5) is 10.9. The maximum Gasteiger partial charge on any atom is 0.320 e. The number of hydrogen-bond acceptors (Lipinski definition) is 5. The largest absolute Gasteiger partial charge is 0.493 e. The van der Waals surface area contributed by atoms with E-state index in [1.165, 1.54) is 7.11 Å². The Labute approximate surface area is 123 Å². The van der Waals surface area contributed by atoms with Gasteiger partial charge in [-0.15, -0.1) is 0 Å². The standard InChI is InChI=1S/C15H21NO5/c1-19-14-10(8-12(16)15(17)18)4-2-6-13(14)21-11-5-3-7-20-9-11/h2,4,6,11-12H,3,5,7-9,16H2,1H3,(H,17,18). The fourth-order valence-corrected chi connectivity index (χ4v) is 2.35. The Balaban J connectivity index is 2.15. The number of nitrogens with two attached hydrogens (primary N) is 1. The van der Waals surface area contributed by atoms with Gasteiger partial charge in [-0.2, -0.15) is 0 Å². The number of ether oxygens (including phenoxy) is 3. The zero-order valence-corrected chi connectivity index (χ0v) is 12.1. The summed E-state index contributed by atoms with van der Waals surface area (Å²) in [5.74, 6) is 0.104. The third-order valence-corrected chi connectivity index (χ3v) is 3.43. The number of carboxylic acid groups (broad SMARTS) is 1. The molecule has 116 valence electrons. The second-order valence-electron chi connectivity index (χ2n) is 5.05. The summed E-state index contributed by atoms with van der Waals surface area (Å²) >= 11 is 0. The number of rotatable bonds is 6. The monoisotopic (exact) mass is 295 g/mol. The van der Waals surface area contributed by atoms with Crippen molar-refractivity contribution in [2.45, 2.75) is 31.4 Å². The predicted molar refractivity (Wildman–Crippen MR) is 76.8 cm³/mol. The molecule has 0 saturated carbocycles. The van der Waals surface area contributed by atoms with E-state index in [0.717, 1.165) is 25.0 Å². The molecular formula is C15H21NO5. The Bertz CT molecular complexity index is 485. The van der Waals surface area contributed by atoms with Crippen LogP contribution in [0.25, 0.3) is 0 Å². The lowest BCUT2D eigenvalue weighted by atomic mass is 10.0. The van der Waals surface area contributed by atoms with Gasteiger partial charge in [-0.05, 0) is 18.9 Å². The zero-order chi connectivity index (χ0) is 15.2. The third-order valence-electron chi connectivity index (χ3n) is 3.43. The molecule has 1 saturated heterocycles. The van der Waals surface area contributed by atoms with E-state index in [1.54, 1.807) is 6.07 Å². The van der Waals surface area contributed by atoms with Crippen molar-refractivity contribution in [3.8, 4) is 11.5 Å². The van der Waals surface area contributed by atoms with Gasteiger partial charge < -0.3 is 25.1 Å². The number of benzene rings is 1. The lowest BCUT2D eigenvalue weighted by molar-refractivity contribution is -0.138. The van der Waals surface area contributed by atoms with Crippen molar-refractivity contribution in [1.82, 2.24) is 0 Å². The van der Waals surface area contributed by atoms with Crippen LogP contribution < -0.4 is 15.2 Å². The first-order valence-corrected chi connectivity index (χ1v) is 7.00. The molecule has 0 amide bonds. The fourth-order valence-electron chi connectivity index (χ4n) is 2.35. The van der Waals surface area contributed by atoms with Crippen LogP contribution in [0.3, 0.4) is 0 Å². The number of carbonyl (C=O) groups is 1. The summed E-state index contributed by atoms with van der Waals surface area (Å²) < 4.78 is 16.7. The van der Waals surface area contributed by atoms with Crippen LogP contribution in [-0.4, -0.2) is 43.5 Å². The normalized spacial score (nSPS) is 19.8. The highest BCUT2D eigenvalue weighted by Crippen LogP contribution is 2.33. The summed E-state index contributed by atoms with van der Waals surface area (Å²) in [5.41, 5.74) is 6.31. The molecule has 6 heteroatoms. The van der Waals surface area contributed by atoms with E-state index in [0.29, 0.717) is 18.1 Å². The molecule has 1 heterocycles. The Hall–Kier alpha value is -1.79. The van der Waals surface area contributed by atoms with E-state index in [9.17, 15) is 4.79 Å². The quantitative estimate of drug-likeness (QED) is 0.819. The summed E-state index contributed by atoms with van der Waals surface area (Å²) in [7, 11) is 1.54. The molecule has 1 aromatic rings. The Morgan fingerprint density at radius 1 is 1.57 bits per heavy atom. The van der Waals surface area contributed by atoms with Crippen LogP contribution in [0.5, 0.6) is 11.5 Å². The summed E-state index contributed by atoms with van der Waals surface area (Å²) in [6.07, 6.45) is 2.09. The maximum atomic E-state index is 10.9. The summed E-state index contributed by atoms with van der Waals surface area (Å²) in [6.45, 7) is 1.33. The van der Waals surface area contributed by atoms with E-state index < -0.39 is 12.0 Å². The highest BCUT2D eigenvalue weighted by atomic mass is 16.5. The van der Waals surface area contributed by atoms with Gasteiger partial charge in [0.1, 0.15) is 12.1 Å². The molecular weight excluding hydrogens is 274 g/mol. The summed E-state index contributed by atoms with van der Waals surface area (Å²) in [5, 5.41) is 8.92. The zero-order valence-electron chi connectivity index (χ0n) is 12.1. The van der Waals surface area contributed by atoms with E-state index in [2.05, 4.69) is 0 Å². The molecule has 2 unspecified atom stereocenters. The average molecular weight is 295 g/mol. The topological polar surface area (TPSA) is 91.0 Å². The Morgan fingerprint density at radius 2 is 2.38 bits per heavy atom. The molecule has 2 rings (SSSR count). The van der Waals surface area contributed by atoms with E-state index >= 15 is 0 Å². The third kappa shape index (κ3) is 4.09. The van der Waals surface area contributed by atoms with Crippen molar-refractivity contribution in [2.24, 2.45) is 5.73 Å². The van der Waals surface area contributed by atoms with Gasteiger partial charge in [-0.3, -0.25) is 4.79 Å². The van der Waals surface area contributed by atoms with Gasteiger partial charge in [0.2, 0.25) is 0 Å². The van der Waals surface area contributed by atoms with Crippen LogP contribution in [-0.2, 0) is 16.0 Å². The molecule has 3 N–H and O–H groups in total. The van der Waals surface area contributed by atoms with Crippen LogP contribution in [0.15, 0.2) is 18.2 Å². The number of para-hydroxylation sites is 1. The van der Waals surface area contributed by atoms with Crippen molar-refractivity contribution in [3.63, 3.8) is 0 Å². The highest BCUT2D eigenvalue weighted by molar-refractivity contribution is 5.73. The van der Waals surface area contributed by atoms with Crippen molar-refractivity contribution in [2.75, 3.05) is 20.3 Å². The predicted octanol–water partition coefficient (Wildman–Crippen LogP) is 1.21. The summed E-state index contributed by atoms with van der Waals surface area (Å²) in [6, 6.07) is 4.45. The molecule has 6 nitrogen and oxygen atoms in total. The second kappa shape index (κ2) is 7.28. The molecule has 0 radical (unpaired) electrons. The molecule has 0 aliphatic carbocycles. The van der Waals surface area contributed by atoms with Crippen LogP contribution in [0, 0.1) is 0 Å². The van der Waals surface area contributed by atoms with Crippen LogP contribution in [0.2, 0.25) is 0 Å². The van der Waals surface area contributed by atoms with Crippen LogP contribution in [0.4, 0.5) is 0 Å². The molecule has 0 spiro atoms. The first kappa shape index (κ1) is 15.6. The smallest absolute Gasteiger partial charge is 0.320 e. The maximum absolute atomic E-state index is 10.9. The van der Waals surface area contributed by atoms with E-state index in [-0.39, 0.29) is 12.5 Å². The lowest BCUT2D eigenvalue weighted by Gasteiger charge is -2.25. The van der Waals surface area contributed by atoms with Crippen molar-refractivity contribution in [1.29, 1.82) is 0 Å². The van der Waals surface area contributed by atoms with E-state index in [1.807, 2.05) is 12.1 Å². The average Bonchev–Trinajstić information content (AvgIpc) is 2.48. The van der Waals surface area contributed by atoms with Crippen molar-refractivity contribution in [3.05, 3.63) is 23.8 Å². The van der Waals surface area contributed by atoms with Crippen molar-refractivity contribution < 1.29 is 24.1 Å². The lowest BCUT2D eigenvalue weighted by Crippen LogP contribution is -2.32. The van der Waals surface area contributed by atoms with Gasteiger partial charge in [0, 0.05) is 18.6 Å². The Kier molecular flexibility index (Phi) is 5.41. The minimum atomic E-state index is -1.04. The van der Waals surface area contributed by atoms with Gasteiger partial charge in [0.25, 0.3) is 0 Å². The van der Waals surface area contributed by atoms with Crippen LogP contribution >= 0.6 is 0 Å². The minimum Gasteiger partial charge on any atom is -0.493 e. The molecule has 21 heavy (non-hydrogen) atoms.